The first kappa shape index (κ1) is 27.8. The van der Waals surface area contributed by atoms with E-state index in [0.29, 0.717) is 24.8 Å². The van der Waals surface area contributed by atoms with Crippen molar-refractivity contribution in [2.24, 2.45) is 5.73 Å². The van der Waals surface area contributed by atoms with Gasteiger partial charge in [0.25, 0.3) is 0 Å². The van der Waals surface area contributed by atoms with E-state index < -0.39 is 18.1 Å². The highest BCUT2D eigenvalue weighted by Gasteiger charge is 2.26. The Labute approximate surface area is 228 Å². The molecule has 1 atom stereocenters. The number of carboxylic acids is 1. The number of ether oxygens (including phenoxy) is 1. The van der Waals surface area contributed by atoms with Crippen LogP contribution in [0, 0.1) is 0 Å². The molecule has 4 N–H and O–H groups in total. The molecule has 11 nitrogen and oxygen atoms in total. The molecule has 39 heavy (non-hydrogen) atoms. The zero-order chi connectivity index (χ0) is 27.6. The highest BCUT2D eigenvalue weighted by Crippen LogP contribution is 2.31. The van der Waals surface area contributed by atoms with Crippen LogP contribution in [0.25, 0.3) is 0 Å². The summed E-state index contributed by atoms with van der Waals surface area (Å²) >= 11 is 0. The Kier molecular flexibility index (Phi) is 9.63. The molecule has 206 valence electrons. The summed E-state index contributed by atoms with van der Waals surface area (Å²) in [5.74, 6) is 0.552. The monoisotopic (exact) mass is 533 g/mol. The predicted molar refractivity (Wildman–Crippen MR) is 147 cm³/mol. The number of anilines is 2. The van der Waals surface area contributed by atoms with Crippen LogP contribution in [0.15, 0.2) is 61.1 Å². The molecule has 4 rings (SSSR count). The van der Waals surface area contributed by atoms with Crippen LogP contribution in [0.4, 0.5) is 16.4 Å². The number of carbonyl (C=O) groups is 2. The largest absolute Gasteiger partial charge is 0.480 e. The van der Waals surface area contributed by atoms with Gasteiger partial charge in [0.15, 0.2) is 0 Å². The van der Waals surface area contributed by atoms with Gasteiger partial charge in [-0.25, -0.2) is 19.6 Å². The number of carbonyl (C=O) groups excluding carboxylic acids is 1. The molecule has 0 saturated carbocycles. The summed E-state index contributed by atoms with van der Waals surface area (Å²) < 4.78 is 5.21. The van der Waals surface area contributed by atoms with E-state index in [1.807, 2.05) is 61.7 Å². The van der Waals surface area contributed by atoms with Crippen LogP contribution in [0.5, 0.6) is 0 Å². The van der Waals surface area contributed by atoms with Crippen LogP contribution in [0.1, 0.15) is 42.5 Å². The quantitative estimate of drug-likeness (QED) is 0.336. The van der Waals surface area contributed by atoms with Crippen molar-refractivity contribution in [3.63, 3.8) is 0 Å². The number of likely N-dealkylation sites (N-methyl/N-ethyl adjacent to an activating group) is 1. The molecule has 1 aliphatic rings. The van der Waals surface area contributed by atoms with E-state index in [0.717, 1.165) is 48.6 Å². The molecular weight excluding hydrogens is 498 g/mol. The summed E-state index contributed by atoms with van der Waals surface area (Å²) in [5.41, 5.74) is 8.89. The van der Waals surface area contributed by atoms with E-state index in [2.05, 4.69) is 25.2 Å². The van der Waals surface area contributed by atoms with E-state index in [9.17, 15) is 14.7 Å². The first-order valence-corrected chi connectivity index (χ1v) is 13.1. The molecule has 0 radical (unpaired) electrons. The van der Waals surface area contributed by atoms with Gasteiger partial charge in [-0.3, -0.25) is 4.98 Å². The molecule has 1 saturated heterocycles. The molecular formula is C28H35N7O4. The van der Waals surface area contributed by atoms with E-state index in [4.69, 9.17) is 10.5 Å². The highest BCUT2D eigenvalue weighted by atomic mass is 16.5. The Morgan fingerprint density at radius 3 is 2.62 bits per heavy atom. The number of pyridine rings is 1. The second-order valence-electron chi connectivity index (χ2n) is 9.38. The molecule has 0 spiro atoms. The van der Waals surface area contributed by atoms with Gasteiger partial charge in [0, 0.05) is 50.1 Å². The summed E-state index contributed by atoms with van der Waals surface area (Å²) in [6.07, 6.45) is 4.37. The van der Waals surface area contributed by atoms with Crippen LogP contribution in [0.3, 0.4) is 0 Å². The minimum atomic E-state index is -1.18. The van der Waals surface area contributed by atoms with Gasteiger partial charge in [0.05, 0.1) is 6.54 Å². The lowest BCUT2D eigenvalue weighted by Crippen LogP contribution is -2.49. The molecule has 11 heteroatoms. The van der Waals surface area contributed by atoms with E-state index >= 15 is 0 Å². The van der Waals surface area contributed by atoms with Crippen LogP contribution in [0.2, 0.25) is 0 Å². The number of aromatic nitrogens is 3. The van der Waals surface area contributed by atoms with Gasteiger partial charge in [0.1, 0.15) is 30.6 Å². The normalized spacial score (nSPS) is 14.5. The van der Waals surface area contributed by atoms with E-state index in [1.54, 1.807) is 4.90 Å². The molecule has 2 aromatic heterocycles. The number of amides is 1. The number of piperidine rings is 1. The fraction of sp³-hybridized carbons (Fsp3) is 0.393. The van der Waals surface area contributed by atoms with Crippen molar-refractivity contribution in [1.82, 2.24) is 20.3 Å². The van der Waals surface area contributed by atoms with E-state index in [1.165, 1.54) is 6.33 Å². The molecule has 1 unspecified atom stereocenters. The maximum atomic E-state index is 12.3. The number of aliphatic carboxylic acids is 1. The van der Waals surface area contributed by atoms with Crippen molar-refractivity contribution < 1.29 is 19.4 Å². The topological polar surface area (TPSA) is 147 Å². The highest BCUT2D eigenvalue weighted by molar-refractivity contribution is 5.80. The van der Waals surface area contributed by atoms with Gasteiger partial charge < -0.3 is 30.7 Å². The number of hydrogen-bond acceptors (Lipinski definition) is 9. The number of nitrogens with zero attached hydrogens (tertiary/aromatic N) is 5. The lowest BCUT2D eigenvalue weighted by atomic mass is 9.90. The Morgan fingerprint density at radius 1 is 1.15 bits per heavy atom. The average molecular weight is 534 g/mol. The number of rotatable bonds is 11. The molecule has 1 aliphatic heterocycles. The Hall–Kier alpha value is -4.25. The zero-order valence-electron chi connectivity index (χ0n) is 22.1. The summed E-state index contributed by atoms with van der Waals surface area (Å²) in [5, 5.41) is 12.2. The Balaban J connectivity index is 1.37. The Bertz CT molecular complexity index is 1240. The fourth-order valence-corrected chi connectivity index (χ4v) is 4.75. The van der Waals surface area contributed by atoms with Crippen molar-refractivity contribution in [3.8, 4) is 0 Å². The first-order chi connectivity index (χ1) is 19.0. The molecule has 0 bridgehead atoms. The van der Waals surface area contributed by atoms with Gasteiger partial charge in [-0.15, -0.1) is 0 Å². The molecule has 1 aromatic carbocycles. The summed E-state index contributed by atoms with van der Waals surface area (Å²) in [6, 6.07) is 13.8. The second kappa shape index (κ2) is 13.5. The zero-order valence-corrected chi connectivity index (χ0v) is 22.1. The fourth-order valence-electron chi connectivity index (χ4n) is 4.75. The van der Waals surface area contributed by atoms with Crippen LogP contribution in [-0.4, -0.2) is 64.3 Å². The third kappa shape index (κ3) is 7.41. The van der Waals surface area contributed by atoms with Gasteiger partial charge in [-0.1, -0.05) is 36.4 Å². The summed E-state index contributed by atoms with van der Waals surface area (Å²) in [7, 11) is 0. The summed E-state index contributed by atoms with van der Waals surface area (Å²) in [6.45, 7) is 4.55. The number of hydrogen-bond donors (Lipinski definition) is 3. The number of alkyl carbamates (subject to hydrolysis) is 1. The molecule has 1 amide bonds. The van der Waals surface area contributed by atoms with Crippen LogP contribution >= 0.6 is 0 Å². The molecule has 0 aliphatic carbocycles. The molecule has 3 heterocycles. The van der Waals surface area contributed by atoms with Gasteiger partial charge in [0.2, 0.25) is 0 Å². The van der Waals surface area contributed by atoms with Gasteiger partial charge >= 0.3 is 12.1 Å². The van der Waals surface area contributed by atoms with E-state index in [-0.39, 0.29) is 13.2 Å². The molecule has 1 fully saturated rings. The average Bonchev–Trinajstić information content (AvgIpc) is 2.98. The Morgan fingerprint density at radius 2 is 1.92 bits per heavy atom. The third-order valence-electron chi connectivity index (χ3n) is 6.90. The van der Waals surface area contributed by atoms with Gasteiger partial charge in [-0.2, -0.15) is 0 Å². The lowest BCUT2D eigenvalue weighted by molar-refractivity contribution is -0.139. The van der Waals surface area contributed by atoms with Crippen molar-refractivity contribution in [2.75, 3.05) is 36.0 Å². The minimum Gasteiger partial charge on any atom is -0.480 e. The maximum Gasteiger partial charge on any atom is 0.408 e. The molecule has 3 aromatic rings. The standard InChI is InChI=1S/C28H35N7O4/c1-2-34(17-23(27(36)37)33-28(38)39-18-20-7-4-3-5-8-20)24-15-25(32-19-31-24)35-13-10-21(11-14-35)26-22(16-29)9-6-12-30-26/h3-9,12,15,19,21,23H,2,10-11,13-14,16-18,29H2,1H3,(H,33,38)(H,36,37). The third-order valence-corrected chi connectivity index (χ3v) is 6.90. The first-order valence-electron chi connectivity index (χ1n) is 13.1. The maximum absolute atomic E-state index is 12.3. The number of nitrogens with two attached hydrogens (primary N) is 1. The number of benzene rings is 1. The van der Waals surface area contributed by atoms with Crippen molar-refractivity contribution in [2.45, 2.75) is 44.9 Å². The predicted octanol–water partition coefficient (Wildman–Crippen LogP) is 2.92. The van der Waals surface area contributed by atoms with Crippen molar-refractivity contribution >= 4 is 23.7 Å². The SMILES string of the molecule is CCN(CC(NC(=O)OCc1ccccc1)C(=O)O)c1cc(N2CCC(c3ncccc3CN)CC2)ncn1. The minimum absolute atomic E-state index is 0.0202. The number of carboxylic acid groups (broad SMARTS) is 1. The van der Waals surface area contributed by atoms with Crippen molar-refractivity contribution in [3.05, 3.63) is 77.9 Å². The van der Waals surface area contributed by atoms with Crippen LogP contribution < -0.4 is 20.9 Å². The second-order valence-corrected chi connectivity index (χ2v) is 9.38. The number of nitrogens with one attached hydrogen (secondary N) is 1. The van der Waals surface area contributed by atoms with Crippen LogP contribution in [-0.2, 0) is 22.7 Å². The summed E-state index contributed by atoms with van der Waals surface area (Å²) in [4.78, 5) is 41.7. The van der Waals surface area contributed by atoms with Gasteiger partial charge in [-0.05, 0) is 37.0 Å². The van der Waals surface area contributed by atoms with Crippen molar-refractivity contribution in [1.29, 1.82) is 0 Å². The smallest absolute Gasteiger partial charge is 0.408 e. The lowest BCUT2D eigenvalue weighted by Gasteiger charge is -2.33.